The van der Waals surface area contributed by atoms with Crippen LogP contribution in [0.3, 0.4) is 0 Å². The van der Waals surface area contributed by atoms with Crippen LogP contribution in [0.1, 0.15) is 11.1 Å². The number of nitrogens with zero attached hydrogens (tertiary/aromatic N) is 1. The second kappa shape index (κ2) is 8.98. The summed E-state index contributed by atoms with van der Waals surface area (Å²) in [5.41, 5.74) is 1.67. The summed E-state index contributed by atoms with van der Waals surface area (Å²) in [6.45, 7) is 1.43. The van der Waals surface area contributed by atoms with Crippen LogP contribution in [0, 0.1) is 12.7 Å². The SMILES string of the molecule is Cc1ccc(S(=O)(=O)N(CC(=O)Nc2ccccc2F)Cc2ccccc2)cc1. The second-order valence-corrected chi connectivity index (χ2v) is 8.54. The minimum Gasteiger partial charge on any atom is -0.322 e. The van der Waals surface area contributed by atoms with Crippen LogP contribution in [0.5, 0.6) is 0 Å². The van der Waals surface area contributed by atoms with Crippen LogP contribution < -0.4 is 5.32 Å². The fourth-order valence-electron chi connectivity index (χ4n) is 2.78. The van der Waals surface area contributed by atoms with E-state index in [9.17, 15) is 17.6 Å². The van der Waals surface area contributed by atoms with Gasteiger partial charge in [-0.05, 0) is 36.8 Å². The molecule has 7 heteroatoms. The van der Waals surface area contributed by atoms with E-state index in [1.54, 1.807) is 42.5 Å². The molecular weight excluding hydrogens is 391 g/mol. The van der Waals surface area contributed by atoms with Gasteiger partial charge in [0.2, 0.25) is 15.9 Å². The second-order valence-electron chi connectivity index (χ2n) is 6.60. The van der Waals surface area contributed by atoms with Gasteiger partial charge in [0.05, 0.1) is 17.1 Å². The van der Waals surface area contributed by atoms with Crippen LogP contribution in [-0.4, -0.2) is 25.2 Å². The number of carbonyl (C=O) groups excluding carboxylic acids is 1. The number of rotatable bonds is 7. The van der Waals surface area contributed by atoms with Crippen molar-refractivity contribution < 1.29 is 17.6 Å². The fourth-order valence-corrected chi connectivity index (χ4v) is 4.17. The highest BCUT2D eigenvalue weighted by Gasteiger charge is 2.27. The van der Waals surface area contributed by atoms with E-state index >= 15 is 0 Å². The Hall–Kier alpha value is -3.03. The van der Waals surface area contributed by atoms with E-state index in [2.05, 4.69) is 5.32 Å². The lowest BCUT2D eigenvalue weighted by Gasteiger charge is -2.22. The summed E-state index contributed by atoms with van der Waals surface area (Å²) in [6.07, 6.45) is 0. The van der Waals surface area contributed by atoms with Gasteiger partial charge in [-0.15, -0.1) is 0 Å². The van der Waals surface area contributed by atoms with E-state index in [0.29, 0.717) is 0 Å². The van der Waals surface area contributed by atoms with E-state index in [4.69, 9.17) is 0 Å². The van der Waals surface area contributed by atoms with Crippen LogP contribution >= 0.6 is 0 Å². The lowest BCUT2D eigenvalue weighted by molar-refractivity contribution is -0.116. The molecule has 5 nitrogen and oxygen atoms in total. The average molecular weight is 412 g/mol. The smallest absolute Gasteiger partial charge is 0.243 e. The first kappa shape index (κ1) is 20.7. The van der Waals surface area contributed by atoms with Gasteiger partial charge < -0.3 is 5.32 Å². The maximum atomic E-state index is 13.8. The Morgan fingerprint density at radius 3 is 2.21 bits per heavy atom. The number of para-hydroxylation sites is 1. The summed E-state index contributed by atoms with van der Waals surface area (Å²) >= 11 is 0. The first-order valence-corrected chi connectivity index (χ1v) is 10.5. The molecule has 0 heterocycles. The Labute approximate surface area is 169 Å². The first-order chi connectivity index (χ1) is 13.9. The summed E-state index contributed by atoms with van der Waals surface area (Å²) in [7, 11) is -3.93. The van der Waals surface area contributed by atoms with Crippen molar-refractivity contribution in [3.63, 3.8) is 0 Å². The molecule has 29 heavy (non-hydrogen) atoms. The number of aryl methyl sites for hydroxylation is 1. The van der Waals surface area contributed by atoms with Crippen LogP contribution in [0.4, 0.5) is 10.1 Å². The summed E-state index contributed by atoms with van der Waals surface area (Å²) in [6, 6.07) is 21.2. The predicted octanol–water partition coefficient (Wildman–Crippen LogP) is 3.96. The molecule has 150 valence electrons. The van der Waals surface area contributed by atoms with E-state index < -0.39 is 28.3 Å². The van der Waals surface area contributed by atoms with E-state index in [1.165, 1.54) is 30.3 Å². The van der Waals surface area contributed by atoms with E-state index in [0.717, 1.165) is 15.4 Å². The largest absolute Gasteiger partial charge is 0.322 e. The van der Waals surface area contributed by atoms with Crippen molar-refractivity contribution in [2.45, 2.75) is 18.4 Å². The Balaban J connectivity index is 1.87. The number of carbonyl (C=O) groups is 1. The standard InChI is InChI=1S/C22H21FN2O3S/c1-17-11-13-19(14-12-17)29(27,28)25(15-18-7-3-2-4-8-18)16-22(26)24-21-10-6-5-9-20(21)23/h2-14H,15-16H2,1H3,(H,24,26). The van der Waals surface area contributed by atoms with Gasteiger partial charge in [-0.25, -0.2) is 12.8 Å². The molecule has 1 amide bonds. The molecule has 3 aromatic carbocycles. The molecule has 3 aromatic rings. The summed E-state index contributed by atoms with van der Waals surface area (Å²) in [5, 5.41) is 2.44. The molecule has 0 unspecified atom stereocenters. The molecule has 0 aromatic heterocycles. The van der Waals surface area contributed by atoms with Crippen LogP contribution in [0.15, 0.2) is 83.8 Å². The number of anilines is 1. The zero-order valence-electron chi connectivity index (χ0n) is 15.9. The molecule has 0 fully saturated rings. The lowest BCUT2D eigenvalue weighted by atomic mass is 10.2. The summed E-state index contributed by atoms with van der Waals surface area (Å²) < 4.78 is 41.3. The maximum absolute atomic E-state index is 13.8. The molecular formula is C22H21FN2O3S. The van der Waals surface area contributed by atoms with Gasteiger partial charge in [-0.2, -0.15) is 4.31 Å². The number of hydrogen-bond acceptors (Lipinski definition) is 3. The van der Waals surface area contributed by atoms with Crippen molar-refractivity contribution in [3.05, 3.63) is 95.8 Å². The van der Waals surface area contributed by atoms with Crippen LogP contribution in [0.2, 0.25) is 0 Å². The number of halogens is 1. The Morgan fingerprint density at radius 2 is 1.55 bits per heavy atom. The van der Waals surface area contributed by atoms with Crippen molar-refractivity contribution in [3.8, 4) is 0 Å². The molecule has 0 aliphatic carbocycles. The van der Waals surface area contributed by atoms with Gasteiger partial charge in [0, 0.05) is 6.54 Å². The third-order valence-corrected chi connectivity index (χ3v) is 6.13. The number of sulfonamides is 1. The molecule has 0 radical (unpaired) electrons. The number of hydrogen-bond donors (Lipinski definition) is 1. The van der Waals surface area contributed by atoms with Crippen molar-refractivity contribution in [1.82, 2.24) is 4.31 Å². The summed E-state index contributed by atoms with van der Waals surface area (Å²) in [4.78, 5) is 12.6. The highest BCUT2D eigenvalue weighted by atomic mass is 32.2. The Bertz CT molecular complexity index is 1080. The Kier molecular flexibility index (Phi) is 6.41. The van der Waals surface area contributed by atoms with Gasteiger partial charge in [-0.1, -0.05) is 60.2 Å². The highest BCUT2D eigenvalue weighted by Crippen LogP contribution is 2.20. The fraction of sp³-hybridized carbons (Fsp3) is 0.136. The number of nitrogens with one attached hydrogen (secondary N) is 1. The molecule has 3 rings (SSSR count). The highest BCUT2D eigenvalue weighted by molar-refractivity contribution is 7.89. The monoisotopic (exact) mass is 412 g/mol. The van der Waals surface area contributed by atoms with Gasteiger partial charge in [0.1, 0.15) is 5.82 Å². The molecule has 0 aliphatic heterocycles. The molecule has 0 saturated heterocycles. The minimum atomic E-state index is -3.93. The van der Waals surface area contributed by atoms with Gasteiger partial charge in [-0.3, -0.25) is 4.79 Å². The molecule has 1 N–H and O–H groups in total. The minimum absolute atomic E-state index is 0.00453. The van der Waals surface area contributed by atoms with Gasteiger partial charge in [0.15, 0.2) is 0 Å². The topological polar surface area (TPSA) is 66.5 Å². The van der Waals surface area contributed by atoms with Crippen molar-refractivity contribution >= 4 is 21.6 Å². The van der Waals surface area contributed by atoms with Crippen LogP contribution in [-0.2, 0) is 21.4 Å². The third kappa shape index (κ3) is 5.28. The molecule has 0 bridgehead atoms. The average Bonchev–Trinajstić information content (AvgIpc) is 2.70. The molecule has 0 atom stereocenters. The summed E-state index contributed by atoms with van der Waals surface area (Å²) in [5.74, 6) is -1.21. The van der Waals surface area contributed by atoms with Gasteiger partial charge in [0.25, 0.3) is 0 Å². The normalized spacial score (nSPS) is 11.4. The molecule has 0 aliphatic rings. The first-order valence-electron chi connectivity index (χ1n) is 9.01. The number of benzene rings is 3. The molecule has 0 spiro atoms. The predicted molar refractivity (Wildman–Crippen MR) is 110 cm³/mol. The van der Waals surface area contributed by atoms with Crippen molar-refractivity contribution in [2.75, 3.05) is 11.9 Å². The maximum Gasteiger partial charge on any atom is 0.243 e. The zero-order valence-corrected chi connectivity index (χ0v) is 16.7. The molecule has 0 saturated carbocycles. The zero-order chi connectivity index (χ0) is 20.9. The van der Waals surface area contributed by atoms with Gasteiger partial charge >= 0.3 is 0 Å². The Morgan fingerprint density at radius 1 is 0.931 bits per heavy atom. The van der Waals surface area contributed by atoms with E-state index in [-0.39, 0.29) is 17.1 Å². The third-order valence-electron chi connectivity index (χ3n) is 4.33. The van der Waals surface area contributed by atoms with Crippen molar-refractivity contribution in [1.29, 1.82) is 0 Å². The van der Waals surface area contributed by atoms with Crippen molar-refractivity contribution in [2.24, 2.45) is 0 Å². The lowest BCUT2D eigenvalue weighted by Crippen LogP contribution is -2.37. The van der Waals surface area contributed by atoms with E-state index in [1.807, 2.05) is 13.0 Å². The quantitative estimate of drug-likeness (QED) is 0.639. The van der Waals surface area contributed by atoms with Crippen LogP contribution in [0.25, 0.3) is 0 Å². The number of amides is 1.